The van der Waals surface area contributed by atoms with Crippen molar-refractivity contribution in [2.45, 2.75) is 24.9 Å². The maximum Gasteiger partial charge on any atom is 0.254 e. The second-order valence-corrected chi connectivity index (χ2v) is 6.51. The minimum atomic E-state index is -0.226. The molecule has 1 aromatic carbocycles. The molecule has 0 radical (unpaired) electrons. The first kappa shape index (κ1) is 17.8. The number of hydrogen-bond acceptors (Lipinski definition) is 4. The second-order valence-electron chi connectivity index (χ2n) is 4.85. The van der Waals surface area contributed by atoms with E-state index in [0.29, 0.717) is 38.6 Å². The molecule has 8 heteroatoms. The second kappa shape index (κ2) is 7.86. The Balaban J connectivity index is 2.03. The number of H-pyrrole nitrogens is 1. The summed E-state index contributed by atoms with van der Waals surface area (Å²) in [5.41, 5.74) is 1.47. The fourth-order valence-electron chi connectivity index (χ4n) is 2.06. The van der Waals surface area contributed by atoms with Crippen LogP contribution in [0.15, 0.2) is 28.2 Å². The fraction of sp³-hybridized carbons (Fsp3) is 0.267. The first-order chi connectivity index (χ1) is 10.9. The molecule has 0 aliphatic heterocycles. The Kier molecular flexibility index (Phi) is 6.10. The number of benzene rings is 1. The first-order valence-corrected chi connectivity index (χ1v) is 8.77. The summed E-state index contributed by atoms with van der Waals surface area (Å²) in [6.45, 7) is 1.76. The van der Waals surface area contributed by atoms with Gasteiger partial charge in [0.25, 0.3) is 5.56 Å². The normalized spacial score (nSPS) is 10.6. The van der Waals surface area contributed by atoms with Gasteiger partial charge in [-0.2, -0.15) is 0 Å². The SMILES string of the molecule is CSc1nc(C)c(CCC(=O)Nc2cc(Cl)cc(Cl)c2)c(=O)[nH]1. The summed E-state index contributed by atoms with van der Waals surface area (Å²) in [5, 5.41) is 4.16. The summed E-state index contributed by atoms with van der Waals surface area (Å²) in [5.74, 6) is -0.226. The standard InChI is InChI=1S/C15H15Cl2N3O2S/c1-8-12(14(22)20-15(18-8)23-2)3-4-13(21)19-11-6-9(16)5-10(17)7-11/h5-7H,3-4H2,1-2H3,(H,19,21)(H,18,20,22). The number of rotatable bonds is 5. The number of nitrogens with one attached hydrogen (secondary N) is 2. The fourth-order valence-corrected chi connectivity index (χ4v) is 3.01. The molecule has 2 rings (SSSR count). The lowest BCUT2D eigenvalue weighted by Crippen LogP contribution is -2.20. The van der Waals surface area contributed by atoms with E-state index in [0.717, 1.165) is 0 Å². The highest BCUT2D eigenvalue weighted by Crippen LogP contribution is 2.22. The van der Waals surface area contributed by atoms with Crippen LogP contribution in [0, 0.1) is 6.92 Å². The van der Waals surface area contributed by atoms with Crippen LogP contribution in [0.5, 0.6) is 0 Å². The van der Waals surface area contributed by atoms with Gasteiger partial charge >= 0.3 is 0 Å². The van der Waals surface area contributed by atoms with Crippen molar-refractivity contribution in [3.63, 3.8) is 0 Å². The zero-order valence-corrected chi connectivity index (χ0v) is 14.9. The van der Waals surface area contributed by atoms with Crippen molar-refractivity contribution in [2.75, 3.05) is 11.6 Å². The molecule has 5 nitrogen and oxygen atoms in total. The number of anilines is 1. The van der Waals surface area contributed by atoms with E-state index in [4.69, 9.17) is 23.2 Å². The van der Waals surface area contributed by atoms with Crippen molar-refractivity contribution < 1.29 is 4.79 Å². The number of hydrogen-bond donors (Lipinski definition) is 2. The van der Waals surface area contributed by atoms with E-state index in [9.17, 15) is 9.59 Å². The average Bonchev–Trinajstić information content (AvgIpc) is 2.44. The maximum atomic E-state index is 12.0. The third-order valence-corrected chi connectivity index (χ3v) is 4.16. The van der Waals surface area contributed by atoms with Crippen molar-refractivity contribution in [1.29, 1.82) is 0 Å². The number of carbonyl (C=O) groups excluding carboxylic acids is 1. The minimum absolute atomic E-state index is 0.161. The molecule has 0 spiro atoms. The van der Waals surface area contributed by atoms with Gasteiger partial charge < -0.3 is 10.3 Å². The molecule has 0 fully saturated rings. The molecule has 2 N–H and O–H groups in total. The van der Waals surface area contributed by atoms with Crippen molar-refractivity contribution in [3.8, 4) is 0 Å². The molecule has 0 aliphatic carbocycles. The molecule has 0 saturated carbocycles. The molecule has 0 saturated heterocycles. The van der Waals surface area contributed by atoms with Crippen LogP contribution in [0.4, 0.5) is 5.69 Å². The van der Waals surface area contributed by atoms with Crippen LogP contribution in [0.25, 0.3) is 0 Å². The molecule has 0 unspecified atom stereocenters. The Bertz CT molecular complexity index is 773. The molecule has 0 atom stereocenters. The van der Waals surface area contributed by atoms with Crippen LogP contribution < -0.4 is 10.9 Å². The molecule has 1 aromatic heterocycles. The summed E-state index contributed by atoms with van der Waals surface area (Å²) in [6.07, 6.45) is 2.30. The van der Waals surface area contributed by atoms with E-state index in [2.05, 4.69) is 15.3 Å². The van der Waals surface area contributed by atoms with E-state index in [1.807, 2.05) is 6.26 Å². The quantitative estimate of drug-likeness (QED) is 0.620. The largest absolute Gasteiger partial charge is 0.326 e. The van der Waals surface area contributed by atoms with Gasteiger partial charge in [-0.25, -0.2) is 4.98 Å². The lowest BCUT2D eigenvalue weighted by atomic mass is 10.1. The monoisotopic (exact) mass is 371 g/mol. The van der Waals surface area contributed by atoms with Crippen LogP contribution in [0.1, 0.15) is 17.7 Å². The minimum Gasteiger partial charge on any atom is -0.326 e. The Morgan fingerprint density at radius 3 is 2.52 bits per heavy atom. The van der Waals surface area contributed by atoms with Gasteiger partial charge in [0.15, 0.2) is 5.16 Å². The van der Waals surface area contributed by atoms with Gasteiger partial charge in [0.2, 0.25) is 5.91 Å². The van der Waals surface area contributed by atoms with Crippen LogP contribution in [0.3, 0.4) is 0 Å². The lowest BCUT2D eigenvalue weighted by molar-refractivity contribution is -0.116. The maximum absolute atomic E-state index is 12.0. The molecule has 2 aromatic rings. The highest BCUT2D eigenvalue weighted by atomic mass is 35.5. The Morgan fingerprint density at radius 1 is 1.30 bits per heavy atom. The summed E-state index contributed by atoms with van der Waals surface area (Å²) < 4.78 is 0. The van der Waals surface area contributed by atoms with E-state index >= 15 is 0 Å². The van der Waals surface area contributed by atoms with Crippen LogP contribution in [-0.2, 0) is 11.2 Å². The lowest BCUT2D eigenvalue weighted by Gasteiger charge is -2.08. The van der Waals surface area contributed by atoms with Crippen molar-refractivity contribution in [1.82, 2.24) is 9.97 Å². The smallest absolute Gasteiger partial charge is 0.254 e. The molecular formula is C15H15Cl2N3O2S. The number of thioether (sulfide) groups is 1. The molecule has 23 heavy (non-hydrogen) atoms. The summed E-state index contributed by atoms with van der Waals surface area (Å²) >= 11 is 13.1. The number of aromatic amines is 1. The van der Waals surface area contributed by atoms with Gasteiger partial charge in [0.1, 0.15) is 0 Å². The van der Waals surface area contributed by atoms with Gasteiger partial charge in [-0.3, -0.25) is 9.59 Å². The highest BCUT2D eigenvalue weighted by molar-refractivity contribution is 7.98. The van der Waals surface area contributed by atoms with E-state index in [-0.39, 0.29) is 17.9 Å². The molecule has 122 valence electrons. The number of nitrogens with zero attached hydrogens (tertiary/aromatic N) is 1. The van der Waals surface area contributed by atoms with Gasteiger partial charge in [0.05, 0.1) is 0 Å². The topological polar surface area (TPSA) is 74.8 Å². The summed E-state index contributed by atoms with van der Waals surface area (Å²) in [4.78, 5) is 31.0. The molecule has 0 bridgehead atoms. The van der Waals surface area contributed by atoms with E-state index in [1.54, 1.807) is 25.1 Å². The van der Waals surface area contributed by atoms with Crippen molar-refractivity contribution in [2.24, 2.45) is 0 Å². The Morgan fingerprint density at radius 2 is 1.96 bits per heavy atom. The summed E-state index contributed by atoms with van der Waals surface area (Å²) in [7, 11) is 0. The van der Waals surface area contributed by atoms with E-state index in [1.165, 1.54) is 11.8 Å². The number of aryl methyl sites for hydroxylation is 1. The number of amides is 1. The predicted octanol–water partition coefficient (Wildman–Crippen LogP) is 3.68. The Hall–Kier alpha value is -1.50. The van der Waals surface area contributed by atoms with Crippen LogP contribution in [0.2, 0.25) is 10.0 Å². The Labute approximate surface area is 147 Å². The van der Waals surface area contributed by atoms with Gasteiger partial charge in [-0.1, -0.05) is 35.0 Å². The third kappa shape index (κ3) is 4.99. The molecule has 1 amide bonds. The van der Waals surface area contributed by atoms with Gasteiger partial charge in [0, 0.05) is 33.4 Å². The highest BCUT2D eigenvalue weighted by Gasteiger charge is 2.11. The average molecular weight is 372 g/mol. The number of aromatic nitrogens is 2. The number of halogens is 2. The first-order valence-electron chi connectivity index (χ1n) is 6.78. The van der Waals surface area contributed by atoms with Gasteiger partial charge in [-0.05, 0) is 37.8 Å². The van der Waals surface area contributed by atoms with Gasteiger partial charge in [-0.15, -0.1) is 0 Å². The zero-order chi connectivity index (χ0) is 17.0. The van der Waals surface area contributed by atoms with Crippen LogP contribution >= 0.6 is 35.0 Å². The number of carbonyl (C=O) groups is 1. The van der Waals surface area contributed by atoms with E-state index < -0.39 is 0 Å². The van der Waals surface area contributed by atoms with Crippen LogP contribution in [-0.4, -0.2) is 22.1 Å². The van der Waals surface area contributed by atoms with Crippen molar-refractivity contribution in [3.05, 3.63) is 49.9 Å². The van der Waals surface area contributed by atoms with Crippen molar-refractivity contribution >= 4 is 46.6 Å². The zero-order valence-electron chi connectivity index (χ0n) is 12.6. The summed E-state index contributed by atoms with van der Waals surface area (Å²) in [6, 6.07) is 4.80. The predicted molar refractivity (Wildman–Crippen MR) is 94.8 cm³/mol. The molecular weight excluding hydrogens is 357 g/mol. The molecule has 1 heterocycles. The molecule has 0 aliphatic rings. The third-order valence-electron chi connectivity index (χ3n) is 3.14.